The van der Waals surface area contributed by atoms with Crippen LogP contribution in [0.25, 0.3) is 0 Å². The first-order valence-electron chi connectivity index (χ1n) is 12.0. The van der Waals surface area contributed by atoms with Crippen molar-refractivity contribution in [3.63, 3.8) is 0 Å². The smallest absolute Gasteiger partial charge is 0.262 e. The molecule has 0 saturated carbocycles. The average molecular weight is 497 g/mol. The van der Waals surface area contributed by atoms with Gasteiger partial charge in [-0.05, 0) is 44.0 Å². The molecule has 0 bridgehead atoms. The molecule has 2 atom stereocenters. The van der Waals surface area contributed by atoms with E-state index in [2.05, 4.69) is 72.7 Å². The number of carbonyl (C=O) groups excluding carboxylic acids is 2. The van der Waals surface area contributed by atoms with Gasteiger partial charge in [0.05, 0.1) is 11.8 Å². The lowest BCUT2D eigenvalue weighted by molar-refractivity contribution is -0.121. The Morgan fingerprint density at radius 3 is 2.14 bits per heavy atom. The molecule has 2 aliphatic heterocycles. The molecule has 182 valence electrons. The predicted octanol–water partition coefficient (Wildman–Crippen LogP) is 5.79. The fourth-order valence-corrected chi connectivity index (χ4v) is 5.34. The third-order valence-corrected chi connectivity index (χ3v) is 7.53. The lowest BCUT2D eigenvalue weighted by atomic mass is 9.97. The van der Waals surface area contributed by atoms with Crippen molar-refractivity contribution < 1.29 is 9.59 Å². The molecule has 0 spiro atoms. The SMILES string of the molecule is Cc1ccc(NC(=O)C[C@@H]2SC(N3N=C(c4ccc(C)cc4)C[C@@H]3c3ccc(C)cc3)=NC2=O)cc1. The summed E-state index contributed by atoms with van der Waals surface area (Å²) < 4.78 is 0. The molecule has 5 rings (SSSR count). The van der Waals surface area contributed by atoms with Gasteiger partial charge in [0.1, 0.15) is 5.25 Å². The van der Waals surface area contributed by atoms with Crippen LogP contribution in [0.4, 0.5) is 5.69 Å². The molecule has 0 fully saturated rings. The van der Waals surface area contributed by atoms with Gasteiger partial charge in [-0.1, -0.05) is 89.1 Å². The number of aryl methyl sites for hydroxylation is 3. The lowest BCUT2D eigenvalue weighted by Gasteiger charge is -2.23. The summed E-state index contributed by atoms with van der Waals surface area (Å²) in [6, 6.07) is 24.2. The van der Waals surface area contributed by atoms with Crippen LogP contribution in [-0.2, 0) is 9.59 Å². The molecule has 2 heterocycles. The Bertz CT molecular complexity index is 1350. The molecule has 7 heteroatoms. The zero-order chi connectivity index (χ0) is 25.2. The summed E-state index contributed by atoms with van der Waals surface area (Å²) in [5, 5.41) is 9.63. The van der Waals surface area contributed by atoms with Gasteiger partial charge >= 0.3 is 0 Å². The number of benzene rings is 3. The second-order valence-electron chi connectivity index (χ2n) is 9.35. The molecule has 2 aliphatic rings. The average Bonchev–Trinajstić information content (AvgIpc) is 3.45. The number of anilines is 1. The van der Waals surface area contributed by atoms with Crippen LogP contribution in [0.15, 0.2) is 82.9 Å². The molecule has 0 aliphatic carbocycles. The molecule has 2 amide bonds. The van der Waals surface area contributed by atoms with Crippen molar-refractivity contribution in [2.24, 2.45) is 10.1 Å². The van der Waals surface area contributed by atoms with Crippen LogP contribution in [-0.4, -0.2) is 33.0 Å². The fourth-order valence-electron chi connectivity index (χ4n) is 4.28. The standard InChI is InChI=1S/C29H28N4O2S/c1-18-4-10-21(11-5-18)24-16-25(22-12-6-19(2)7-13-22)33(32-24)29-31-28(35)26(36-29)17-27(34)30-23-14-8-20(3)9-15-23/h4-15,25-26H,16-17H2,1-3H3,(H,30,34)/t25-,26+/m1/s1. The number of nitrogens with zero attached hydrogens (tertiary/aromatic N) is 3. The molecule has 3 aromatic rings. The van der Waals surface area contributed by atoms with Crippen molar-refractivity contribution in [3.8, 4) is 0 Å². The number of amides is 2. The quantitative estimate of drug-likeness (QED) is 0.485. The van der Waals surface area contributed by atoms with Gasteiger partial charge in [0, 0.05) is 18.5 Å². The van der Waals surface area contributed by atoms with Gasteiger partial charge in [0.15, 0.2) is 5.17 Å². The zero-order valence-corrected chi connectivity index (χ0v) is 21.4. The van der Waals surface area contributed by atoms with E-state index in [-0.39, 0.29) is 24.3 Å². The van der Waals surface area contributed by atoms with Crippen molar-refractivity contribution in [2.45, 2.75) is 44.9 Å². The number of carbonyl (C=O) groups is 2. The first kappa shape index (κ1) is 24.0. The minimum atomic E-state index is -0.567. The van der Waals surface area contributed by atoms with Crippen LogP contribution in [0.3, 0.4) is 0 Å². The number of hydrogen-bond donors (Lipinski definition) is 1. The van der Waals surface area contributed by atoms with E-state index < -0.39 is 5.25 Å². The first-order valence-corrected chi connectivity index (χ1v) is 12.9. The maximum Gasteiger partial charge on any atom is 0.262 e. The predicted molar refractivity (Wildman–Crippen MR) is 146 cm³/mol. The normalized spacial score (nSPS) is 19.3. The van der Waals surface area contributed by atoms with E-state index in [0.717, 1.165) is 22.4 Å². The monoisotopic (exact) mass is 496 g/mol. The van der Waals surface area contributed by atoms with Gasteiger partial charge in [-0.15, -0.1) is 0 Å². The summed E-state index contributed by atoms with van der Waals surface area (Å²) >= 11 is 1.32. The molecule has 0 aromatic heterocycles. The number of nitrogens with one attached hydrogen (secondary N) is 1. The van der Waals surface area contributed by atoms with Crippen molar-refractivity contribution in [3.05, 3.63) is 101 Å². The Balaban J connectivity index is 1.35. The largest absolute Gasteiger partial charge is 0.326 e. The highest BCUT2D eigenvalue weighted by atomic mass is 32.2. The topological polar surface area (TPSA) is 74.1 Å². The van der Waals surface area contributed by atoms with E-state index in [1.807, 2.05) is 36.2 Å². The van der Waals surface area contributed by atoms with E-state index in [1.54, 1.807) is 0 Å². The number of thioether (sulfide) groups is 1. The Hall–Kier alpha value is -3.71. The van der Waals surface area contributed by atoms with Crippen LogP contribution in [0.2, 0.25) is 0 Å². The highest BCUT2D eigenvalue weighted by Gasteiger charge is 2.39. The molecule has 0 radical (unpaired) electrons. The highest BCUT2D eigenvalue weighted by Crippen LogP contribution is 2.38. The number of aliphatic imine (C=N–C) groups is 1. The summed E-state index contributed by atoms with van der Waals surface area (Å²) in [6.45, 7) is 6.12. The van der Waals surface area contributed by atoms with Crippen LogP contribution in [0, 0.1) is 20.8 Å². The Kier molecular flexibility index (Phi) is 6.74. The molecule has 36 heavy (non-hydrogen) atoms. The third kappa shape index (κ3) is 5.26. The summed E-state index contributed by atoms with van der Waals surface area (Å²) in [4.78, 5) is 29.8. The Labute approximate surface area is 215 Å². The summed E-state index contributed by atoms with van der Waals surface area (Å²) in [6.07, 6.45) is 0.764. The molecular formula is C29H28N4O2S. The van der Waals surface area contributed by atoms with Gasteiger partial charge in [-0.3, -0.25) is 9.59 Å². The van der Waals surface area contributed by atoms with Crippen LogP contribution in [0.1, 0.15) is 46.7 Å². The van der Waals surface area contributed by atoms with Crippen molar-refractivity contribution >= 4 is 40.1 Å². The minimum absolute atomic E-state index is 0.0575. The molecule has 3 aromatic carbocycles. The van der Waals surface area contributed by atoms with Gasteiger partial charge in [-0.2, -0.15) is 10.1 Å². The Morgan fingerprint density at radius 2 is 1.50 bits per heavy atom. The minimum Gasteiger partial charge on any atom is -0.326 e. The van der Waals surface area contributed by atoms with E-state index in [4.69, 9.17) is 5.10 Å². The van der Waals surface area contributed by atoms with E-state index in [0.29, 0.717) is 17.3 Å². The first-order chi connectivity index (χ1) is 17.4. The number of hydrazone groups is 1. The highest BCUT2D eigenvalue weighted by molar-refractivity contribution is 8.15. The van der Waals surface area contributed by atoms with Gasteiger partial charge in [0.2, 0.25) is 5.91 Å². The van der Waals surface area contributed by atoms with E-state index in [9.17, 15) is 9.59 Å². The third-order valence-electron chi connectivity index (χ3n) is 6.39. The molecule has 6 nitrogen and oxygen atoms in total. The van der Waals surface area contributed by atoms with Crippen LogP contribution < -0.4 is 5.32 Å². The van der Waals surface area contributed by atoms with E-state index >= 15 is 0 Å². The molecule has 0 saturated heterocycles. The maximum atomic E-state index is 12.8. The maximum absolute atomic E-state index is 12.8. The molecule has 0 unspecified atom stereocenters. The van der Waals surface area contributed by atoms with Gasteiger partial charge < -0.3 is 5.32 Å². The number of rotatable bonds is 5. The van der Waals surface area contributed by atoms with Crippen molar-refractivity contribution in [2.75, 3.05) is 5.32 Å². The molecule has 1 N–H and O–H groups in total. The van der Waals surface area contributed by atoms with Crippen molar-refractivity contribution in [1.29, 1.82) is 0 Å². The lowest BCUT2D eigenvalue weighted by Crippen LogP contribution is -2.25. The Morgan fingerprint density at radius 1 is 0.917 bits per heavy atom. The van der Waals surface area contributed by atoms with Crippen LogP contribution in [0.5, 0.6) is 0 Å². The summed E-state index contributed by atoms with van der Waals surface area (Å²) in [7, 11) is 0. The van der Waals surface area contributed by atoms with Crippen molar-refractivity contribution in [1.82, 2.24) is 5.01 Å². The van der Waals surface area contributed by atoms with Gasteiger partial charge in [-0.25, -0.2) is 5.01 Å². The summed E-state index contributed by atoms with van der Waals surface area (Å²) in [5.74, 6) is -0.503. The second kappa shape index (κ2) is 10.1. The van der Waals surface area contributed by atoms with Gasteiger partial charge in [0.25, 0.3) is 5.91 Å². The fraction of sp³-hybridized carbons (Fsp3) is 0.241. The second-order valence-corrected chi connectivity index (χ2v) is 10.5. The molecular weight excluding hydrogens is 468 g/mol. The number of hydrogen-bond acceptors (Lipinski definition) is 5. The summed E-state index contributed by atoms with van der Waals surface area (Å²) in [5.41, 5.74) is 7.34. The van der Waals surface area contributed by atoms with E-state index in [1.165, 1.54) is 22.9 Å². The zero-order valence-electron chi connectivity index (χ0n) is 20.6. The number of amidine groups is 1. The van der Waals surface area contributed by atoms with Crippen LogP contribution >= 0.6 is 11.8 Å².